The van der Waals surface area contributed by atoms with E-state index in [1.54, 1.807) is 20.0 Å². The fraction of sp³-hybridized carbons (Fsp3) is 0.538. The van der Waals surface area contributed by atoms with Gasteiger partial charge in [-0.3, -0.25) is 4.21 Å². The predicted molar refractivity (Wildman–Crippen MR) is 85.6 cm³/mol. The molecule has 1 aromatic carbocycles. The average molecular weight is 351 g/mol. The molecular weight excluding hydrogens is 332 g/mol. The summed E-state index contributed by atoms with van der Waals surface area (Å²) < 4.78 is 38.3. The van der Waals surface area contributed by atoms with Crippen molar-refractivity contribution >= 4 is 32.4 Å². The monoisotopic (exact) mass is 350 g/mol. The van der Waals surface area contributed by atoms with Gasteiger partial charge in [0.15, 0.2) is 0 Å². The minimum Gasteiger partial charge on any atom is -0.316 e. The molecule has 0 spiro atoms. The van der Waals surface area contributed by atoms with Crippen molar-refractivity contribution in [2.45, 2.75) is 18.4 Å². The third kappa shape index (κ3) is 3.65. The number of nitrogens with one attached hydrogen (secondary N) is 1. The Labute approximate surface area is 133 Å². The summed E-state index contributed by atoms with van der Waals surface area (Å²) in [5.74, 6) is 0.782. The lowest BCUT2D eigenvalue weighted by molar-refractivity contribution is 0.438. The Balaban J connectivity index is 2.42. The van der Waals surface area contributed by atoms with Gasteiger partial charge in [-0.1, -0.05) is 11.6 Å². The number of hydrogen-bond acceptors (Lipinski definition) is 4. The summed E-state index contributed by atoms with van der Waals surface area (Å²) in [5, 5.41) is 3.42. The molecule has 21 heavy (non-hydrogen) atoms. The van der Waals surface area contributed by atoms with E-state index in [9.17, 15) is 12.6 Å². The molecule has 1 saturated heterocycles. The number of benzene rings is 1. The van der Waals surface area contributed by atoms with Crippen LogP contribution in [0.1, 0.15) is 11.1 Å². The average Bonchev–Trinajstić information content (AvgIpc) is 2.43. The summed E-state index contributed by atoms with van der Waals surface area (Å²) >= 11 is 6.07. The Morgan fingerprint density at radius 2 is 1.95 bits per heavy atom. The first-order chi connectivity index (χ1) is 9.86. The maximum atomic E-state index is 12.8. The molecule has 118 valence electrons. The molecule has 0 radical (unpaired) electrons. The van der Waals surface area contributed by atoms with Gasteiger partial charge in [0, 0.05) is 47.0 Å². The molecule has 5 nitrogen and oxygen atoms in total. The molecule has 8 heteroatoms. The predicted octanol–water partition coefficient (Wildman–Crippen LogP) is 1.12. The maximum absolute atomic E-state index is 12.8. The lowest BCUT2D eigenvalue weighted by Gasteiger charge is -2.26. The highest BCUT2D eigenvalue weighted by Gasteiger charge is 2.30. The minimum absolute atomic E-state index is 0.243. The van der Waals surface area contributed by atoms with Crippen LogP contribution in [-0.4, -0.2) is 48.6 Å². The maximum Gasteiger partial charge on any atom is 0.243 e. The normalized spacial score (nSPS) is 18.0. The molecule has 0 saturated carbocycles. The Hall–Kier alpha value is -0.470. The number of rotatable bonds is 4. The second-order valence-electron chi connectivity index (χ2n) is 4.97. The smallest absolute Gasteiger partial charge is 0.243 e. The number of hydrogen-bond donors (Lipinski definition) is 1. The molecule has 0 unspecified atom stereocenters. The van der Waals surface area contributed by atoms with Crippen LogP contribution >= 0.6 is 11.6 Å². The molecule has 0 aliphatic carbocycles. The van der Waals surface area contributed by atoms with Crippen LogP contribution in [0.3, 0.4) is 0 Å². The van der Waals surface area contributed by atoms with Crippen molar-refractivity contribution in [1.29, 1.82) is 0 Å². The van der Waals surface area contributed by atoms with Crippen LogP contribution in [0.25, 0.3) is 0 Å². The van der Waals surface area contributed by atoms with Crippen LogP contribution in [0, 0.1) is 6.92 Å². The largest absolute Gasteiger partial charge is 0.316 e. The highest BCUT2D eigenvalue weighted by Crippen LogP contribution is 2.27. The molecule has 1 fully saturated rings. The van der Waals surface area contributed by atoms with Gasteiger partial charge in [-0.15, -0.1) is 0 Å². The Bertz CT molecular complexity index is 652. The van der Waals surface area contributed by atoms with Crippen LogP contribution in [-0.2, 0) is 27.4 Å². The van der Waals surface area contributed by atoms with E-state index < -0.39 is 20.8 Å². The van der Waals surface area contributed by atoms with Crippen LogP contribution in [0.2, 0.25) is 5.02 Å². The van der Waals surface area contributed by atoms with Gasteiger partial charge in [-0.25, -0.2) is 8.42 Å². The minimum atomic E-state index is -3.59. The van der Waals surface area contributed by atoms with E-state index in [2.05, 4.69) is 5.32 Å². The van der Waals surface area contributed by atoms with Crippen molar-refractivity contribution in [1.82, 2.24) is 9.62 Å². The molecule has 0 atom stereocenters. The molecule has 1 aromatic rings. The summed E-state index contributed by atoms with van der Waals surface area (Å²) in [6.45, 7) is 2.93. The quantitative estimate of drug-likeness (QED) is 0.883. The molecule has 1 N–H and O–H groups in total. The van der Waals surface area contributed by atoms with Crippen molar-refractivity contribution in [2.24, 2.45) is 0 Å². The van der Waals surface area contributed by atoms with Crippen molar-refractivity contribution < 1.29 is 12.6 Å². The molecule has 2 rings (SSSR count). The second kappa shape index (κ2) is 6.75. The third-order valence-electron chi connectivity index (χ3n) is 3.55. The Kier molecular flexibility index (Phi) is 5.43. The SMILES string of the molecule is CNCc1cc(Cl)cc(S(=O)(=O)N2CCS(=O)CC2)c1C. The molecule has 1 aliphatic heterocycles. The molecule has 0 aromatic heterocycles. The van der Waals surface area contributed by atoms with Crippen molar-refractivity contribution in [2.75, 3.05) is 31.6 Å². The van der Waals surface area contributed by atoms with Gasteiger partial charge in [-0.05, 0) is 37.2 Å². The highest BCUT2D eigenvalue weighted by atomic mass is 35.5. The van der Waals surface area contributed by atoms with Gasteiger partial charge < -0.3 is 5.32 Å². The van der Waals surface area contributed by atoms with Crippen molar-refractivity contribution in [3.05, 3.63) is 28.3 Å². The fourth-order valence-electron chi connectivity index (χ4n) is 2.35. The number of halogens is 1. The van der Waals surface area contributed by atoms with Crippen molar-refractivity contribution in [3.8, 4) is 0 Å². The van der Waals surface area contributed by atoms with Crippen molar-refractivity contribution in [3.63, 3.8) is 0 Å². The summed E-state index contributed by atoms with van der Waals surface area (Å²) in [5.41, 5.74) is 1.57. The van der Waals surface area contributed by atoms with Crippen LogP contribution in [0.5, 0.6) is 0 Å². The molecule has 1 aliphatic rings. The van der Waals surface area contributed by atoms with Crippen LogP contribution < -0.4 is 5.32 Å². The van der Waals surface area contributed by atoms with Gasteiger partial charge in [0.05, 0.1) is 4.90 Å². The van der Waals surface area contributed by atoms with E-state index in [4.69, 9.17) is 11.6 Å². The van der Waals surface area contributed by atoms with Gasteiger partial charge in [0.1, 0.15) is 0 Å². The zero-order valence-electron chi connectivity index (χ0n) is 12.1. The molecule has 1 heterocycles. The lowest BCUT2D eigenvalue weighted by atomic mass is 10.1. The Morgan fingerprint density at radius 3 is 2.52 bits per heavy atom. The first-order valence-electron chi connectivity index (χ1n) is 6.65. The Morgan fingerprint density at radius 1 is 1.33 bits per heavy atom. The first kappa shape index (κ1) is 16.9. The van der Waals surface area contributed by atoms with E-state index in [0.717, 1.165) is 5.56 Å². The van der Waals surface area contributed by atoms with Gasteiger partial charge in [0.25, 0.3) is 0 Å². The van der Waals surface area contributed by atoms with Gasteiger partial charge in [0.2, 0.25) is 10.0 Å². The third-order valence-corrected chi connectivity index (χ3v) is 7.07. The molecule has 0 amide bonds. The summed E-state index contributed by atoms with van der Waals surface area (Å²) in [4.78, 5) is 0.243. The van der Waals surface area contributed by atoms with E-state index in [0.29, 0.717) is 41.7 Å². The van der Waals surface area contributed by atoms with E-state index in [1.165, 1.54) is 10.4 Å². The summed E-state index contributed by atoms with van der Waals surface area (Å²) in [6.07, 6.45) is 0. The highest BCUT2D eigenvalue weighted by molar-refractivity contribution is 7.89. The van der Waals surface area contributed by atoms with Gasteiger partial charge >= 0.3 is 0 Å². The topological polar surface area (TPSA) is 66.5 Å². The lowest BCUT2D eigenvalue weighted by Crippen LogP contribution is -2.42. The van der Waals surface area contributed by atoms with E-state index in [1.807, 2.05) is 0 Å². The first-order valence-corrected chi connectivity index (χ1v) is 9.95. The number of nitrogens with zero attached hydrogens (tertiary/aromatic N) is 1. The summed E-state index contributed by atoms with van der Waals surface area (Å²) in [7, 11) is -2.70. The van der Waals surface area contributed by atoms with Gasteiger partial charge in [-0.2, -0.15) is 4.31 Å². The van der Waals surface area contributed by atoms with E-state index in [-0.39, 0.29) is 4.90 Å². The number of sulfonamides is 1. The summed E-state index contributed by atoms with van der Waals surface area (Å²) in [6, 6.07) is 3.27. The van der Waals surface area contributed by atoms with E-state index >= 15 is 0 Å². The zero-order valence-corrected chi connectivity index (χ0v) is 14.4. The fourth-order valence-corrected chi connectivity index (χ4v) is 5.67. The van der Waals surface area contributed by atoms with Crippen LogP contribution in [0.4, 0.5) is 0 Å². The van der Waals surface area contributed by atoms with Crippen LogP contribution in [0.15, 0.2) is 17.0 Å². The standard InChI is InChI=1S/C13H19ClN2O3S2/c1-10-11(9-15-2)7-12(14)8-13(10)21(18,19)16-3-5-20(17)6-4-16/h7-8,15H,3-6,9H2,1-2H3. The second-order valence-corrected chi connectivity index (χ2v) is 9.01. The molecule has 0 bridgehead atoms. The molecular formula is C13H19ClN2O3S2. The zero-order chi connectivity index (χ0) is 15.6.